The van der Waals surface area contributed by atoms with Gasteiger partial charge in [-0.1, -0.05) is 12.1 Å². The topological polar surface area (TPSA) is 105 Å². The molecule has 1 fully saturated rings. The van der Waals surface area contributed by atoms with Crippen molar-refractivity contribution >= 4 is 34.6 Å². The molecule has 0 spiro atoms. The summed E-state index contributed by atoms with van der Waals surface area (Å²) < 4.78 is 5.46. The highest BCUT2D eigenvalue weighted by Crippen LogP contribution is 2.20. The number of hydrogen-bond donors (Lipinski definition) is 2. The zero-order valence-corrected chi connectivity index (χ0v) is 14.5. The third-order valence-corrected chi connectivity index (χ3v) is 4.25. The second kappa shape index (κ2) is 6.56. The predicted octanol–water partition coefficient (Wildman–Crippen LogP) is 2.44. The summed E-state index contributed by atoms with van der Waals surface area (Å²) >= 11 is 0. The lowest BCUT2D eigenvalue weighted by molar-refractivity contribution is -0.125. The van der Waals surface area contributed by atoms with Gasteiger partial charge in [0.25, 0.3) is 5.91 Å². The first-order chi connectivity index (χ1) is 13.0. The first-order valence-corrected chi connectivity index (χ1v) is 8.35. The minimum Gasteiger partial charge on any atom is -0.441 e. The number of carbonyl (C=O) groups is 3. The summed E-state index contributed by atoms with van der Waals surface area (Å²) in [5.74, 6) is 0.0289. The van der Waals surface area contributed by atoms with E-state index in [1.54, 1.807) is 49.4 Å². The second-order valence-corrected chi connectivity index (χ2v) is 6.21. The molecule has 0 aliphatic carbocycles. The van der Waals surface area contributed by atoms with E-state index in [9.17, 15) is 14.4 Å². The summed E-state index contributed by atoms with van der Waals surface area (Å²) in [6.45, 7) is 1.96. The summed E-state index contributed by atoms with van der Waals surface area (Å²) in [6, 6.07) is 11.6. The van der Waals surface area contributed by atoms with Crippen LogP contribution in [0.5, 0.6) is 0 Å². The van der Waals surface area contributed by atoms with Gasteiger partial charge in [-0.25, -0.2) is 9.78 Å². The number of imide groups is 1. The van der Waals surface area contributed by atoms with Crippen LogP contribution in [0.25, 0.3) is 11.1 Å². The first-order valence-electron chi connectivity index (χ1n) is 8.35. The van der Waals surface area contributed by atoms with E-state index < -0.39 is 6.03 Å². The van der Waals surface area contributed by atoms with Crippen molar-refractivity contribution in [1.29, 1.82) is 0 Å². The largest absolute Gasteiger partial charge is 0.441 e. The number of hydrogen-bond acceptors (Lipinski definition) is 5. The van der Waals surface area contributed by atoms with E-state index in [2.05, 4.69) is 15.6 Å². The Balaban J connectivity index is 1.45. The van der Waals surface area contributed by atoms with Crippen LogP contribution < -0.4 is 10.6 Å². The van der Waals surface area contributed by atoms with Gasteiger partial charge in [-0.2, -0.15) is 0 Å². The Hall–Kier alpha value is -3.68. The number of benzene rings is 2. The molecule has 0 atom stereocenters. The van der Waals surface area contributed by atoms with Crippen LogP contribution in [0.1, 0.15) is 21.8 Å². The Kier molecular flexibility index (Phi) is 4.08. The monoisotopic (exact) mass is 364 g/mol. The molecular weight excluding hydrogens is 348 g/mol. The van der Waals surface area contributed by atoms with Crippen molar-refractivity contribution in [2.24, 2.45) is 0 Å². The number of oxazole rings is 1. The molecular formula is C19H16N4O4. The molecule has 1 aliphatic rings. The summed E-state index contributed by atoms with van der Waals surface area (Å²) in [5, 5.41) is 5.28. The van der Waals surface area contributed by atoms with E-state index >= 15 is 0 Å². The van der Waals surface area contributed by atoms with Crippen LogP contribution in [0.15, 0.2) is 46.9 Å². The van der Waals surface area contributed by atoms with Gasteiger partial charge in [-0.05, 0) is 29.8 Å². The zero-order chi connectivity index (χ0) is 19.0. The Morgan fingerprint density at radius 2 is 2.00 bits per heavy atom. The number of nitrogens with zero attached hydrogens (tertiary/aromatic N) is 2. The second-order valence-electron chi connectivity index (χ2n) is 6.21. The van der Waals surface area contributed by atoms with Crippen LogP contribution in [0.4, 0.5) is 10.5 Å². The lowest BCUT2D eigenvalue weighted by atomic mass is 10.1. The van der Waals surface area contributed by atoms with E-state index in [4.69, 9.17) is 4.42 Å². The number of aromatic nitrogens is 1. The van der Waals surface area contributed by atoms with E-state index in [-0.39, 0.29) is 24.9 Å². The molecule has 2 N–H and O–H groups in total. The fourth-order valence-corrected chi connectivity index (χ4v) is 2.88. The standard InChI is InChI=1S/C19H16N4O4/c1-11-21-15-7-6-14(8-16(15)27-11)22-18(25)13-4-2-12(3-5-13)10-23-17(24)9-20-19(23)26/h2-8H,9-10H2,1H3,(H,20,26)(H,22,25). The average Bonchev–Trinajstić information content (AvgIpc) is 3.17. The average molecular weight is 364 g/mol. The fraction of sp³-hybridized carbons (Fsp3) is 0.158. The van der Waals surface area contributed by atoms with Crippen molar-refractivity contribution in [1.82, 2.24) is 15.2 Å². The highest BCUT2D eigenvalue weighted by molar-refractivity contribution is 6.05. The number of nitrogens with one attached hydrogen (secondary N) is 2. The molecule has 27 heavy (non-hydrogen) atoms. The lowest BCUT2D eigenvalue weighted by Crippen LogP contribution is -2.30. The van der Waals surface area contributed by atoms with Gasteiger partial charge in [0.15, 0.2) is 11.5 Å². The Bertz CT molecular complexity index is 1040. The van der Waals surface area contributed by atoms with Gasteiger partial charge in [-0.15, -0.1) is 0 Å². The number of rotatable bonds is 4. The van der Waals surface area contributed by atoms with Crippen molar-refractivity contribution in [2.75, 3.05) is 11.9 Å². The molecule has 0 saturated carbocycles. The SMILES string of the molecule is Cc1nc2ccc(NC(=O)c3ccc(CN4C(=O)CNC4=O)cc3)cc2o1. The van der Waals surface area contributed by atoms with Crippen LogP contribution in [-0.2, 0) is 11.3 Å². The van der Waals surface area contributed by atoms with Crippen LogP contribution in [-0.4, -0.2) is 34.3 Å². The summed E-state index contributed by atoms with van der Waals surface area (Å²) in [6.07, 6.45) is 0. The van der Waals surface area contributed by atoms with E-state index in [0.717, 1.165) is 16.0 Å². The maximum atomic E-state index is 12.4. The highest BCUT2D eigenvalue weighted by Gasteiger charge is 2.28. The maximum absolute atomic E-state index is 12.4. The van der Waals surface area contributed by atoms with Gasteiger partial charge in [-0.3, -0.25) is 14.5 Å². The molecule has 2 heterocycles. The number of fused-ring (bicyclic) bond motifs is 1. The molecule has 0 radical (unpaired) electrons. The van der Waals surface area contributed by atoms with Gasteiger partial charge in [0.05, 0.1) is 13.1 Å². The number of aryl methyl sites for hydroxylation is 1. The summed E-state index contributed by atoms with van der Waals surface area (Å²) in [5.41, 5.74) is 3.16. The molecule has 4 amide bonds. The van der Waals surface area contributed by atoms with Crippen molar-refractivity contribution < 1.29 is 18.8 Å². The van der Waals surface area contributed by atoms with Crippen LogP contribution in [0, 0.1) is 6.92 Å². The molecule has 4 rings (SSSR count). The van der Waals surface area contributed by atoms with Crippen LogP contribution >= 0.6 is 0 Å². The molecule has 0 unspecified atom stereocenters. The van der Waals surface area contributed by atoms with Crippen LogP contribution in [0.2, 0.25) is 0 Å². The first kappa shape index (κ1) is 16.8. The van der Waals surface area contributed by atoms with Gasteiger partial charge in [0.2, 0.25) is 5.91 Å². The van der Waals surface area contributed by atoms with E-state index in [1.807, 2.05) is 0 Å². The maximum Gasteiger partial charge on any atom is 0.324 e. The summed E-state index contributed by atoms with van der Waals surface area (Å²) in [7, 11) is 0. The van der Waals surface area contributed by atoms with Gasteiger partial charge in [0.1, 0.15) is 5.52 Å². The number of anilines is 1. The number of amides is 4. The molecule has 1 saturated heterocycles. The number of carbonyl (C=O) groups excluding carboxylic acids is 3. The molecule has 8 nitrogen and oxygen atoms in total. The normalized spacial score (nSPS) is 13.9. The minimum atomic E-state index is -0.403. The minimum absolute atomic E-state index is 0.0222. The molecule has 1 aliphatic heterocycles. The third kappa shape index (κ3) is 3.37. The third-order valence-electron chi connectivity index (χ3n) is 4.25. The molecule has 3 aromatic rings. The highest BCUT2D eigenvalue weighted by atomic mass is 16.3. The number of urea groups is 1. The summed E-state index contributed by atoms with van der Waals surface area (Å²) in [4.78, 5) is 41.0. The quantitative estimate of drug-likeness (QED) is 0.692. The van der Waals surface area contributed by atoms with Crippen molar-refractivity contribution in [3.8, 4) is 0 Å². The van der Waals surface area contributed by atoms with E-state index in [1.165, 1.54) is 0 Å². The zero-order valence-electron chi connectivity index (χ0n) is 14.5. The Morgan fingerprint density at radius 3 is 2.70 bits per heavy atom. The Morgan fingerprint density at radius 1 is 1.22 bits per heavy atom. The predicted molar refractivity (Wildman–Crippen MR) is 97.1 cm³/mol. The van der Waals surface area contributed by atoms with Crippen molar-refractivity contribution in [2.45, 2.75) is 13.5 Å². The molecule has 1 aromatic heterocycles. The van der Waals surface area contributed by atoms with Crippen molar-refractivity contribution in [3.05, 3.63) is 59.5 Å². The van der Waals surface area contributed by atoms with Crippen molar-refractivity contribution in [3.63, 3.8) is 0 Å². The lowest BCUT2D eigenvalue weighted by Gasteiger charge is -2.12. The molecule has 8 heteroatoms. The molecule has 136 valence electrons. The molecule has 2 aromatic carbocycles. The van der Waals surface area contributed by atoms with Gasteiger partial charge in [0, 0.05) is 24.2 Å². The molecule has 0 bridgehead atoms. The van der Waals surface area contributed by atoms with Crippen LogP contribution in [0.3, 0.4) is 0 Å². The van der Waals surface area contributed by atoms with Gasteiger partial charge >= 0.3 is 6.03 Å². The smallest absolute Gasteiger partial charge is 0.324 e. The Labute approximate surface area is 154 Å². The van der Waals surface area contributed by atoms with Gasteiger partial charge < -0.3 is 15.1 Å². The van der Waals surface area contributed by atoms with E-state index in [0.29, 0.717) is 22.7 Å². The fourth-order valence-electron chi connectivity index (χ4n) is 2.88.